The molecule has 28 heavy (non-hydrogen) atoms. The van der Waals surface area contributed by atoms with Gasteiger partial charge in [0.05, 0.1) is 5.92 Å². The molecule has 0 aromatic heterocycles. The number of halogens is 2. The Morgan fingerprint density at radius 3 is 2.39 bits per heavy atom. The van der Waals surface area contributed by atoms with Crippen molar-refractivity contribution in [2.75, 3.05) is 0 Å². The number of benzene rings is 2. The van der Waals surface area contributed by atoms with E-state index in [4.69, 9.17) is 27.9 Å². The summed E-state index contributed by atoms with van der Waals surface area (Å²) in [5, 5.41) is 0. The van der Waals surface area contributed by atoms with E-state index in [0.29, 0.717) is 5.92 Å². The zero-order chi connectivity index (χ0) is 19.9. The second kappa shape index (κ2) is 7.57. The third-order valence-corrected chi connectivity index (χ3v) is 6.59. The van der Waals surface area contributed by atoms with Crippen LogP contribution in [0.5, 0.6) is 0 Å². The molecule has 4 rings (SSSR count). The van der Waals surface area contributed by atoms with Crippen LogP contribution in [0.2, 0.25) is 0 Å². The van der Waals surface area contributed by atoms with Crippen LogP contribution < -0.4 is 0 Å². The zero-order valence-corrected chi connectivity index (χ0v) is 17.6. The van der Waals surface area contributed by atoms with Crippen molar-refractivity contribution in [3.05, 3.63) is 81.9 Å². The van der Waals surface area contributed by atoms with Crippen molar-refractivity contribution in [1.82, 2.24) is 0 Å². The van der Waals surface area contributed by atoms with Crippen LogP contribution in [0.25, 0.3) is 0 Å². The van der Waals surface area contributed by atoms with Gasteiger partial charge in [-0.15, -0.1) is 0 Å². The van der Waals surface area contributed by atoms with Crippen LogP contribution in [0.4, 0.5) is 0 Å². The minimum Gasteiger partial charge on any atom is -0.457 e. The number of esters is 1. The molecule has 146 valence electrons. The first-order valence-corrected chi connectivity index (χ1v) is 10.5. The van der Waals surface area contributed by atoms with Gasteiger partial charge in [0.1, 0.15) is 10.6 Å². The number of hydrogen-bond acceptors (Lipinski definition) is 2. The number of fused-ring (bicyclic) bond motifs is 1. The number of carbonyl (C=O) groups excluding carboxylic acids is 1. The minimum atomic E-state index is -0.194. The van der Waals surface area contributed by atoms with Crippen LogP contribution in [-0.4, -0.2) is 5.97 Å². The van der Waals surface area contributed by atoms with Gasteiger partial charge in [-0.25, -0.2) is 0 Å². The first kappa shape index (κ1) is 19.5. The standard InChI is InChI=1S/C24H24Cl2O2/c1-24(2)19(14-21(25)26)22(24)23(27)28-20-13-16(12-15-8-4-3-5-9-15)17-10-6-7-11-18(17)20/h3-11,14,16,19-20,22H,12-13H2,1-2H3/t16-,19-,20-,22-/m0/s1. The van der Waals surface area contributed by atoms with Crippen molar-refractivity contribution in [2.45, 2.75) is 38.7 Å². The summed E-state index contributed by atoms with van der Waals surface area (Å²) >= 11 is 11.6. The number of ether oxygens (including phenoxy) is 1. The van der Waals surface area contributed by atoms with E-state index in [1.807, 2.05) is 12.1 Å². The third-order valence-electron chi connectivity index (χ3n) is 6.33. The van der Waals surface area contributed by atoms with Gasteiger partial charge in [0.25, 0.3) is 0 Å². The first-order chi connectivity index (χ1) is 13.4. The smallest absolute Gasteiger partial charge is 0.310 e. The van der Waals surface area contributed by atoms with Gasteiger partial charge in [-0.05, 0) is 52.9 Å². The van der Waals surface area contributed by atoms with Gasteiger partial charge < -0.3 is 4.74 Å². The molecule has 4 heteroatoms. The summed E-state index contributed by atoms with van der Waals surface area (Å²) in [7, 11) is 0. The maximum absolute atomic E-state index is 12.9. The van der Waals surface area contributed by atoms with E-state index in [1.165, 1.54) is 11.1 Å². The molecule has 4 atom stereocenters. The molecule has 0 spiro atoms. The van der Waals surface area contributed by atoms with Crippen molar-refractivity contribution in [1.29, 1.82) is 0 Å². The summed E-state index contributed by atoms with van der Waals surface area (Å²) in [6.45, 7) is 4.11. The van der Waals surface area contributed by atoms with Crippen molar-refractivity contribution < 1.29 is 9.53 Å². The number of allylic oxidation sites excluding steroid dienone is 1. The predicted molar refractivity (Wildman–Crippen MR) is 113 cm³/mol. The summed E-state index contributed by atoms with van der Waals surface area (Å²) in [6, 6.07) is 18.8. The number of hydrogen-bond donors (Lipinski definition) is 0. The average molecular weight is 415 g/mol. The largest absolute Gasteiger partial charge is 0.457 e. The monoisotopic (exact) mass is 414 g/mol. The molecule has 2 aromatic rings. The SMILES string of the molecule is CC1(C)[C@H](C(=O)O[C@H]2C[C@H](Cc3ccccc3)c3ccccc32)[C@@H]1C=C(Cl)Cl. The van der Waals surface area contributed by atoms with Crippen LogP contribution >= 0.6 is 23.2 Å². The lowest BCUT2D eigenvalue weighted by molar-refractivity contribution is -0.152. The maximum atomic E-state index is 12.9. The van der Waals surface area contributed by atoms with Gasteiger partial charge in [0.2, 0.25) is 0 Å². The molecule has 0 aliphatic heterocycles. The van der Waals surface area contributed by atoms with Crippen molar-refractivity contribution in [2.24, 2.45) is 17.3 Å². The third kappa shape index (κ3) is 3.73. The highest BCUT2D eigenvalue weighted by Gasteiger charge is 2.62. The predicted octanol–water partition coefficient (Wildman–Crippen LogP) is 6.59. The van der Waals surface area contributed by atoms with E-state index in [0.717, 1.165) is 18.4 Å². The van der Waals surface area contributed by atoms with Gasteiger partial charge in [-0.2, -0.15) is 0 Å². The van der Waals surface area contributed by atoms with Crippen LogP contribution in [0.15, 0.2) is 65.2 Å². The topological polar surface area (TPSA) is 26.3 Å². The van der Waals surface area contributed by atoms with E-state index in [2.05, 4.69) is 56.3 Å². The Bertz CT molecular complexity index is 900. The highest BCUT2D eigenvalue weighted by Crippen LogP contribution is 2.60. The van der Waals surface area contributed by atoms with E-state index >= 15 is 0 Å². The zero-order valence-electron chi connectivity index (χ0n) is 16.1. The maximum Gasteiger partial charge on any atom is 0.310 e. The lowest BCUT2D eigenvalue weighted by Crippen LogP contribution is -2.14. The fraction of sp³-hybridized carbons (Fsp3) is 0.375. The van der Waals surface area contributed by atoms with Crippen LogP contribution in [-0.2, 0) is 16.0 Å². The number of rotatable bonds is 5. The second-order valence-electron chi connectivity index (χ2n) is 8.46. The second-order valence-corrected chi connectivity index (χ2v) is 9.47. The molecular weight excluding hydrogens is 391 g/mol. The Morgan fingerprint density at radius 1 is 1.07 bits per heavy atom. The highest BCUT2D eigenvalue weighted by atomic mass is 35.5. The normalized spacial score (nSPS) is 27.0. The lowest BCUT2D eigenvalue weighted by atomic mass is 9.94. The Hall–Kier alpha value is -1.77. The number of carbonyl (C=O) groups is 1. The van der Waals surface area contributed by atoms with Crippen molar-refractivity contribution in [3.8, 4) is 0 Å². The van der Waals surface area contributed by atoms with Gasteiger partial charge in [0, 0.05) is 0 Å². The Balaban J connectivity index is 1.50. The molecule has 0 radical (unpaired) electrons. The van der Waals surface area contributed by atoms with Gasteiger partial charge >= 0.3 is 5.97 Å². The molecule has 2 aliphatic rings. The minimum absolute atomic E-state index is 0.0294. The summed E-state index contributed by atoms with van der Waals surface area (Å²) in [4.78, 5) is 12.9. The highest BCUT2D eigenvalue weighted by molar-refractivity contribution is 6.55. The summed E-state index contributed by atoms with van der Waals surface area (Å²) in [5.74, 6) is 0.0414. The fourth-order valence-corrected chi connectivity index (χ4v) is 4.95. The summed E-state index contributed by atoms with van der Waals surface area (Å²) in [6.07, 6.45) is 3.35. The van der Waals surface area contributed by atoms with Crippen LogP contribution in [0.3, 0.4) is 0 Å². The molecule has 0 heterocycles. The first-order valence-electron chi connectivity index (χ1n) is 9.74. The van der Waals surface area contributed by atoms with Gasteiger partial charge in [-0.3, -0.25) is 4.79 Å². The van der Waals surface area contributed by atoms with Crippen molar-refractivity contribution in [3.63, 3.8) is 0 Å². The quantitative estimate of drug-likeness (QED) is 0.515. The van der Waals surface area contributed by atoms with Crippen LogP contribution in [0, 0.1) is 17.3 Å². The van der Waals surface area contributed by atoms with Gasteiger partial charge in [-0.1, -0.05) is 91.6 Å². The summed E-state index contributed by atoms with van der Waals surface area (Å²) < 4.78 is 6.23. The van der Waals surface area contributed by atoms with Crippen LogP contribution in [0.1, 0.15) is 49.0 Å². The molecule has 1 fully saturated rings. The molecule has 0 saturated heterocycles. The van der Waals surface area contributed by atoms with E-state index in [9.17, 15) is 4.79 Å². The molecule has 2 aromatic carbocycles. The Morgan fingerprint density at radius 2 is 1.71 bits per heavy atom. The van der Waals surface area contributed by atoms with Gasteiger partial charge in [0.15, 0.2) is 0 Å². The fourth-order valence-electron chi connectivity index (χ4n) is 4.68. The molecule has 2 aliphatic carbocycles. The molecular formula is C24H24Cl2O2. The Labute approximate surface area is 176 Å². The van der Waals surface area contributed by atoms with E-state index in [1.54, 1.807) is 6.08 Å². The molecule has 0 amide bonds. The molecule has 0 bridgehead atoms. The van der Waals surface area contributed by atoms with E-state index < -0.39 is 0 Å². The molecule has 1 saturated carbocycles. The molecule has 0 N–H and O–H groups in total. The van der Waals surface area contributed by atoms with Crippen molar-refractivity contribution >= 4 is 29.2 Å². The molecule has 0 unspecified atom stereocenters. The Kier molecular flexibility index (Phi) is 5.28. The van der Waals surface area contributed by atoms with E-state index in [-0.39, 0.29) is 33.8 Å². The average Bonchev–Trinajstić information content (AvgIpc) is 3.02. The summed E-state index contributed by atoms with van der Waals surface area (Å²) in [5.41, 5.74) is 3.56. The lowest BCUT2D eigenvalue weighted by Gasteiger charge is -2.15. The molecule has 2 nitrogen and oxygen atoms in total.